The first kappa shape index (κ1) is 35.2. The molecule has 0 N–H and O–H groups in total. The highest BCUT2D eigenvalue weighted by Gasteiger charge is 2.47. The molecule has 1 heteroatoms. The third-order valence-corrected chi connectivity index (χ3v) is 13.3. The zero-order valence-corrected chi connectivity index (χ0v) is 33.6. The van der Waals surface area contributed by atoms with Gasteiger partial charge in [-0.1, -0.05) is 202 Å². The number of anilines is 2. The van der Waals surface area contributed by atoms with Crippen LogP contribution in [-0.2, 0) is 10.8 Å². The Kier molecular flexibility index (Phi) is 8.27. The third kappa shape index (κ3) is 5.38. The van der Waals surface area contributed by atoms with Gasteiger partial charge in [0.25, 0.3) is 0 Å². The van der Waals surface area contributed by atoms with Crippen LogP contribution in [0.5, 0.6) is 0 Å². The highest BCUT2D eigenvalue weighted by Crippen LogP contribution is 2.59. The van der Waals surface area contributed by atoms with Gasteiger partial charge in [-0.2, -0.15) is 0 Å². The lowest BCUT2D eigenvalue weighted by atomic mass is 9.67. The second-order valence-corrected chi connectivity index (χ2v) is 16.7. The Morgan fingerprint density at radius 3 is 1.63 bits per heavy atom. The van der Waals surface area contributed by atoms with Crippen molar-refractivity contribution in [3.8, 4) is 33.4 Å². The largest absolute Gasteiger partial charge is 0.314 e. The quantitative estimate of drug-likeness (QED) is 0.157. The van der Waals surface area contributed by atoms with Crippen molar-refractivity contribution in [2.75, 3.05) is 4.90 Å². The molecule has 0 atom stereocenters. The lowest BCUT2D eigenvalue weighted by Gasteiger charge is -2.35. The molecule has 0 saturated carbocycles. The van der Waals surface area contributed by atoms with E-state index in [0.29, 0.717) is 0 Å². The standard InChI is InChI=1S/C58H45N/c1-57(2)51-29-15-12-25-46(51)47-38-37-45(39-54(47)57)59(44-35-33-41(34-36-44)40-19-6-3-7-20-40)55-32-17-14-26-48(55)49-28-18-31-53-56(49)50-27-13-16-30-52(50)58(53,42-21-8-4-9-22-42)43-23-10-5-11-24-43/h3-36,39H,37-38H2,1-2H3. The summed E-state index contributed by atoms with van der Waals surface area (Å²) in [6, 6.07) is 76.4. The Balaban J connectivity index is 1.14. The van der Waals surface area contributed by atoms with Crippen LogP contribution in [0.4, 0.5) is 11.4 Å². The monoisotopic (exact) mass is 755 g/mol. The van der Waals surface area contributed by atoms with Gasteiger partial charge in [0.2, 0.25) is 0 Å². The van der Waals surface area contributed by atoms with E-state index in [0.717, 1.165) is 18.5 Å². The molecule has 0 aromatic heterocycles. The van der Waals surface area contributed by atoms with Gasteiger partial charge in [0.05, 0.1) is 11.1 Å². The van der Waals surface area contributed by atoms with Gasteiger partial charge in [-0.25, -0.2) is 0 Å². The molecule has 8 aromatic carbocycles. The van der Waals surface area contributed by atoms with Crippen LogP contribution in [0, 0.1) is 0 Å². The van der Waals surface area contributed by atoms with Crippen molar-refractivity contribution in [3.63, 3.8) is 0 Å². The fraction of sp³-hybridized carbons (Fsp3) is 0.103. The minimum absolute atomic E-state index is 0.0812. The fourth-order valence-corrected chi connectivity index (χ4v) is 10.7. The average Bonchev–Trinajstić information content (AvgIpc) is 3.73. The highest BCUT2D eigenvalue weighted by atomic mass is 15.2. The third-order valence-electron chi connectivity index (χ3n) is 13.3. The van der Waals surface area contributed by atoms with Crippen LogP contribution in [0.25, 0.3) is 39.0 Å². The van der Waals surface area contributed by atoms with Crippen molar-refractivity contribution in [3.05, 3.63) is 257 Å². The molecule has 59 heavy (non-hydrogen) atoms. The van der Waals surface area contributed by atoms with Crippen molar-refractivity contribution in [2.45, 2.75) is 37.5 Å². The van der Waals surface area contributed by atoms with E-state index in [1.165, 1.54) is 89.3 Å². The molecule has 0 unspecified atom stereocenters. The van der Waals surface area contributed by atoms with E-state index in [4.69, 9.17) is 0 Å². The summed E-state index contributed by atoms with van der Waals surface area (Å²) in [5, 5.41) is 0. The Bertz CT molecular complexity index is 2890. The normalized spacial score (nSPS) is 15.5. The summed E-state index contributed by atoms with van der Waals surface area (Å²) in [4.78, 5) is 2.56. The molecular formula is C58H45N. The van der Waals surface area contributed by atoms with E-state index in [-0.39, 0.29) is 5.41 Å². The average molecular weight is 756 g/mol. The lowest BCUT2D eigenvalue weighted by molar-refractivity contribution is 0.648. The summed E-state index contributed by atoms with van der Waals surface area (Å²) in [7, 11) is 0. The molecular weight excluding hydrogens is 711 g/mol. The van der Waals surface area contributed by atoms with Crippen molar-refractivity contribution < 1.29 is 0 Å². The second kappa shape index (κ2) is 13.9. The number of benzene rings is 8. The van der Waals surface area contributed by atoms with Crippen LogP contribution in [0.15, 0.2) is 224 Å². The van der Waals surface area contributed by atoms with Crippen LogP contribution in [0.3, 0.4) is 0 Å². The predicted molar refractivity (Wildman–Crippen MR) is 247 cm³/mol. The van der Waals surface area contributed by atoms with Crippen molar-refractivity contribution in [1.29, 1.82) is 0 Å². The van der Waals surface area contributed by atoms with Crippen molar-refractivity contribution in [2.24, 2.45) is 0 Å². The van der Waals surface area contributed by atoms with Crippen LogP contribution in [0.2, 0.25) is 0 Å². The summed E-state index contributed by atoms with van der Waals surface area (Å²) in [6.45, 7) is 4.80. The Morgan fingerprint density at radius 2 is 0.932 bits per heavy atom. The lowest BCUT2D eigenvalue weighted by Crippen LogP contribution is -2.28. The summed E-state index contributed by atoms with van der Waals surface area (Å²) in [5.74, 6) is 0. The van der Waals surface area contributed by atoms with Gasteiger partial charge in [0.1, 0.15) is 0 Å². The number of para-hydroxylation sites is 1. The van der Waals surface area contributed by atoms with E-state index >= 15 is 0 Å². The van der Waals surface area contributed by atoms with Crippen LogP contribution >= 0.6 is 0 Å². The molecule has 0 aliphatic heterocycles. The van der Waals surface area contributed by atoms with E-state index < -0.39 is 5.41 Å². The molecule has 282 valence electrons. The van der Waals surface area contributed by atoms with Gasteiger partial charge in [0.15, 0.2) is 0 Å². The molecule has 3 aliphatic rings. The summed E-state index contributed by atoms with van der Waals surface area (Å²) in [6.07, 6.45) is 4.48. The maximum Gasteiger partial charge on any atom is 0.0713 e. The summed E-state index contributed by atoms with van der Waals surface area (Å²) < 4.78 is 0. The number of allylic oxidation sites excluding steroid dienone is 4. The molecule has 0 spiro atoms. The van der Waals surface area contributed by atoms with E-state index in [2.05, 4.69) is 231 Å². The minimum Gasteiger partial charge on any atom is -0.314 e. The van der Waals surface area contributed by atoms with Gasteiger partial charge in [-0.15, -0.1) is 0 Å². The zero-order chi connectivity index (χ0) is 39.6. The van der Waals surface area contributed by atoms with Gasteiger partial charge >= 0.3 is 0 Å². The van der Waals surface area contributed by atoms with Crippen molar-refractivity contribution >= 4 is 16.9 Å². The summed E-state index contributed by atoms with van der Waals surface area (Å²) in [5.41, 5.74) is 21.6. The number of hydrogen-bond acceptors (Lipinski definition) is 1. The molecule has 3 aliphatic carbocycles. The van der Waals surface area contributed by atoms with Gasteiger partial charge in [0, 0.05) is 22.4 Å². The van der Waals surface area contributed by atoms with Crippen LogP contribution in [-0.4, -0.2) is 0 Å². The van der Waals surface area contributed by atoms with E-state index in [1.807, 2.05) is 0 Å². The fourth-order valence-electron chi connectivity index (χ4n) is 10.7. The van der Waals surface area contributed by atoms with Crippen LogP contribution in [0.1, 0.15) is 60.1 Å². The number of rotatable bonds is 7. The Hall–Kier alpha value is -6.96. The molecule has 0 saturated heterocycles. The van der Waals surface area contributed by atoms with Gasteiger partial charge in [-0.05, 0) is 109 Å². The molecule has 11 rings (SSSR count). The predicted octanol–water partition coefficient (Wildman–Crippen LogP) is 14.9. The maximum atomic E-state index is 2.56. The first-order chi connectivity index (χ1) is 29.0. The van der Waals surface area contributed by atoms with Gasteiger partial charge < -0.3 is 4.90 Å². The minimum atomic E-state index is -0.468. The zero-order valence-electron chi connectivity index (χ0n) is 33.6. The molecule has 0 heterocycles. The van der Waals surface area contributed by atoms with Crippen LogP contribution < -0.4 is 4.90 Å². The smallest absolute Gasteiger partial charge is 0.0713 e. The highest BCUT2D eigenvalue weighted by molar-refractivity contribution is 5.99. The topological polar surface area (TPSA) is 3.24 Å². The SMILES string of the molecule is CC1(C)C2=C(CCC(N(c3ccc(-c4ccccc4)cc3)c3ccccc3-c3cccc4c3-c3ccccc3C4(c3ccccc3)c3ccccc3)=C2)c2ccccc21. The molecule has 0 amide bonds. The maximum absolute atomic E-state index is 2.56. The number of nitrogens with zero attached hydrogens (tertiary/aromatic N) is 1. The first-order valence-electron chi connectivity index (χ1n) is 21.0. The molecule has 0 fully saturated rings. The molecule has 8 aromatic rings. The van der Waals surface area contributed by atoms with E-state index in [1.54, 1.807) is 0 Å². The summed E-state index contributed by atoms with van der Waals surface area (Å²) >= 11 is 0. The number of fused-ring (bicyclic) bond motifs is 5. The molecule has 0 radical (unpaired) electrons. The Morgan fingerprint density at radius 1 is 0.407 bits per heavy atom. The van der Waals surface area contributed by atoms with E-state index in [9.17, 15) is 0 Å². The van der Waals surface area contributed by atoms with Crippen molar-refractivity contribution in [1.82, 2.24) is 0 Å². The number of hydrogen-bond donors (Lipinski definition) is 0. The Labute approximate surface area is 348 Å². The first-order valence-corrected chi connectivity index (χ1v) is 21.0. The molecule has 0 bridgehead atoms. The second-order valence-electron chi connectivity index (χ2n) is 16.7. The van der Waals surface area contributed by atoms with Gasteiger partial charge in [-0.3, -0.25) is 0 Å². The molecule has 1 nitrogen and oxygen atoms in total.